The summed E-state index contributed by atoms with van der Waals surface area (Å²) in [5.41, 5.74) is 2.92. The molecule has 1 aromatic heterocycles. The van der Waals surface area contributed by atoms with Gasteiger partial charge in [-0.05, 0) is 55.8 Å². The van der Waals surface area contributed by atoms with Gasteiger partial charge in [-0.15, -0.1) is 0 Å². The molecule has 25 heavy (non-hydrogen) atoms. The molecule has 2 amide bonds. The number of rotatable bonds is 4. The fourth-order valence-electron chi connectivity index (χ4n) is 3.00. The number of amides is 2. The van der Waals surface area contributed by atoms with Crippen molar-refractivity contribution in [1.82, 2.24) is 10.3 Å². The van der Waals surface area contributed by atoms with Crippen LogP contribution in [0.5, 0.6) is 0 Å². The van der Waals surface area contributed by atoms with Crippen LogP contribution in [0.2, 0.25) is 0 Å². The molecular formula is C19H24N4O2. The zero-order chi connectivity index (χ0) is 17.6. The number of urea groups is 1. The van der Waals surface area contributed by atoms with Gasteiger partial charge in [-0.2, -0.15) is 0 Å². The van der Waals surface area contributed by atoms with Gasteiger partial charge in [0.05, 0.1) is 12.2 Å². The largest absolute Gasteiger partial charge is 0.372 e. The maximum atomic E-state index is 12.0. The van der Waals surface area contributed by atoms with Crippen molar-refractivity contribution in [1.29, 1.82) is 0 Å². The van der Waals surface area contributed by atoms with E-state index in [9.17, 15) is 4.79 Å². The lowest BCUT2D eigenvalue weighted by Gasteiger charge is -2.36. The highest BCUT2D eigenvalue weighted by Crippen LogP contribution is 2.22. The van der Waals surface area contributed by atoms with E-state index in [1.54, 1.807) is 12.4 Å². The molecule has 132 valence electrons. The molecule has 0 spiro atoms. The van der Waals surface area contributed by atoms with Crippen LogP contribution in [0.1, 0.15) is 19.4 Å². The lowest BCUT2D eigenvalue weighted by atomic mass is 10.2. The van der Waals surface area contributed by atoms with Gasteiger partial charge in [-0.3, -0.25) is 4.98 Å². The normalized spacial score (nSPS) is 20.2. The first-order valence-corrected chi connectivity index (χ1v) is 8.54. The zero-order valence-electron chi connectivity index (χ0n) is 14.6. The fraction of sp³-hybridized carbons (Fsp3) is 0.368. The summed E-state index contributed by atoms with van der Waals surface area (Å²) >= 11 is 0. The van der Waals surface area contributed by atoms with E-state index in [0.29, 0.717) is 6.54 Å². The first kappa shape index (κ1) is 17.2. The summed E-state index contributed by atoms with van der Waals surface area (Å²) in [6.45, 7) is 6.40. The molecule has 0 bridgehead atoms. The van der Waals surface area contributed by atoms with Crippen LogP contribution in [0.25, 0.3) is 0 Å². The monoisotopic (exact) mass is 340 g/mol. The van der Waals surface area contributed by atoms with Gasteiger partial charge < -0.3 is 20.3 Å². The van der Waals surface area contributed by atoms with Gasteiger partial charge in [-0.1, -0.05) is 0 Å². The Labute approximate surface area is 148 Å². The minimum Gasteiger partial charge on any atom is -0.372 e. The van der Waals surface area contributed by atoms with Crippen molar-refractivity contribution in [3.8, 4) is 0 Å². The fourth-order valence-corrected chi connectivity index (χ4v) is 3.00. The maximum Gasteiger partial charge on any atom is 0.319 e. The SMILES string of the molecule is C[C@H]1CN(c2ccc(NC(=O)NCc3ccncc3)cc2)C[C@H](C)O1. The predicted octanol–water partition coefficient (Wildman–Crippen LogP) is 3.02. The number of benzene rings is 1. The van der Waals surface area contributed by atoms with Gasteiger partial charge in [0, 0.05) is 43.4 Å². The predicted molar refractivity (Wildman–Crippen MR) is 98.8 cm³/mol. The summed E-state index contributed by atoms with van der Waals surface area (Å²) in [5.74, 6) is 0. The number of carbonyl (C=O) groups is 1. The second kappa shape index (κ2) is 7.98. The van der Waals surface area contributed by atoms with E-state index in [4.69, 9.17) is 4.74 Å². The van der Waals surface area contributed by atoms with Gasteiger partial charge in [-0.25, -0.2) is 4.79 Å². The molecular weight excluding hydrogens is 316 g/mol. The Balaban J connectivity index is 1.52. The number of hydrogen-bond acceptors (Lipinski definition) is 4. The molecule has 3 rings (SSSR count). The summed E-state index contributed by atoms with van der Waals surface area (Å²) in [5, 5.41) is 5.68. The number of pyridine rings is 1. The average molecular weight is 340 g/mol. The zero-order valence-corrected chi connectivity index (χ0v) is 14.6. The molecule has 2 atom stereocenters. The number of morpholine rings is 1. The average Bonchev–Trinajstić information content (AvgIpc) is 2.61. The minimum atomic E-state index is -0.224. The van der Waals surface area contributed by atoms with Gasteiger partial charge in [0.2, 0.25) is 0 Å². The number of aromatic nitrogens is 1. The van der Waals surface area contributed by atoms with Crippen molar-refractivity contribution < 1.29 is 9.53 Å². The second-order valence-corrected chi connectivity index (χ2v) is 6.37. The molecule has 2 heterocycles. The quantitative estimate of drug-likeness (QED) is 0.898. The Morgan fingerprint density at radius 3 is 2.40 bits per heavy atom. The van der Waals surface area contributed by atoms with Crippen LogP contribution < -0.4 is 15.5 Å². The minimum absolute atomic E-state index is 0.223. The Kier molecular flexibility index (Phi) is 5.50. The number of nitrogens with one attached hydrogen (secondary N) is 2. The summed E-state index contributed by atoms with van der Waals surface area (Å²) in [4.78, 5) is 18.3. The summed E-state index contributed by atoms with van der Waals surface area (Å²) < 4.78 is 5.77. The first-order chi connectivity index (χ1) is 12.1. The van der Waals surface area contributed by atoms with Crippen LogP contribution in [0.4, 0.5) is 16.2 Å². The number of anilines is 2. The first-order valence-electron chi connectivity index (χ1n) is 8.54. The van der Waals surface area contributed by atoms with Crippen LogP contribution in [0.3, 0.4) is 0 Å². The highest BCUT2D eigenvalue weighted by molar-refractivity contribution is 5.89. The molecule has 0 unspecified atom stereocenters. The number of ether oxygens (including phenoxy) is 1. The van der Waals surface area contributed by atoms with Crippen LogP contribution >= 0.6 is 0 Å². The van der Waals surface area contributed by atoms with Crippen molar-refractivity contribution in [2.75, 3.05) is 23.3 Å². The standard InChI is InChI=1S/C19H24N4O2/c1-14-12-23(13-15(2)25-14)18-5-3-17(4-6-18)22-19(24)21-11-16-7-9-20-10-8-16/h3-10,14-15H,11-13H2,1-2H3,(H2,21,22,24)/t14-,15-/m0/s1. The van der Waals surface area contributed by atoms with Crippen LogP contribution in [-0.2, 0) is 11.3 Å². The molecule has 2 aromatic rings. The maximum absolute atomic E-state index is 12.0. The second-order valence-electron chi connectivity index (χ2n) is 6.37. The van der Waals surface area contributed by atoms with E-state index >= 15 is 0 Å². The van der Waals surface area contributed by atoms with Gasteiger partial charge >= 0.3 is 6.03 Å². The Hall–Kier alpha value is -2.60. The molecule has 1 saturated heterocycles. The molecule has 0 saturated carbocycles. The number of hydrogen-bond donors (Lipinski definition) is 2. The molecule has 1 aliphatic rings. The Morgan fingerprint density at radius 2 is 1.76 bits per heavy atom. The van der Waals surface area contributed by atoms with Crippen LogP contribution in [0, 0.1) is 0 Å². The molecule has 0 radical (unpaired) electrons. The van der Waals surface area contributed by atoms with E-state index < -0.39 is 0 Å². The van der Waals surface area contributed by atoms with Crippen molar-refractivity contribution in [3.05, 3.63) is 54.4 Å². The Bertz CT molecular complexity index is 680. The smallest absolute Gasteiger partial charge is 0.319 e. The van der Waals surface area contributed by atoms with Crippen molar-refractivity contribution >= 4 is 17.4 Å². The molecule has 2 N–H and O–H groups in total. The highest BCUT2D eigenvalue weighted by atomic mass is 16.5. The van der Waals surface area contributed by atoms with Crippen molar-refractivity contribution in [2.45, 2.75) is 32.6 Å². The molecule has 6 nitrogen and oxygen atoms in total. The third-order valence-corrected chi connectivity index (χ3v) is 4.11. The Morgan fingerprint density at radius 1 is 1.12 bits per heavy atom. The molecule has 6 heteroatoms. The number of carbonyl (C=O) groups excluding carboxylic acids is 1. The van der Waals surface area contributed by atoms with E-state index in [-0.39, 0.29) is 18.2 Å². The highest BCUT2D eigenvalue weighted by Gasteiger charge is 2.22. The van der Waals surface area contributed by atoms with Gasteiger partial charge in [0.1, 0.15) is 0 Å². The van der Waals surface area contributed by atoms with E-state index in [1.165, 1.54) is 0 Å². The lowest BCUT2D eigenvalue weighted by molar-refractivity contribution is -0.00521. The number of nitrogens with zero attached hydrogens (tertiary/aromatic N) is 2. The van der Waals surface area contributed by atoms with Crippen molar-refractivity contribution in [3.63, 3.8) is 0 Å². The molecule has 1 aromatic carbocycles. The molecule has 1 aliphatic heterocycles. The van der Waals surface area contributed by atoms with Crippen LogP contribution in [-0.4, -0.2) is 36.3 Å². The summed E-state index contributed by atoms with van der Waals surface area (Å²) in [6.07, 6.45) is 3.86. The third kappa shape index (κ3) is 4.93. The topological polar surface area (TPSA) is 66.5 Å². The van der Waals surface area contributed by atoms with Gasteiger partial charge in [0.15, 0.2) is 0 Å². The molecule has 0 aliphatic carbocycles. The van der Waals surface area contributed by atoms with E-state index in [2.05, 4.69) is 34.4 Å². The molecule has 1 fully saturated rings. The third-order valence-electron chi connectivity index (χ3n) is 4.11. The van der Waals surface area contributed by atoms with Gasteiger partial charge in [0.25, 0.3) is 0 Å². The summed E-state index contributed by atoms with van der Waals surface area (Å²) in [7, 11) is 0. The van der Waals surface area contributed by atoms with Crippen LogP contribution in [0.15, 0.2) is 48.8 Å². The summed E-state index contributed by atoms with van der Waals surface area (Å²) in [6, 6.07) is 11.4. The van der Waals surface area contributed by atoms with Crippen molar-refractivity contribution in [2.24, 2.45) is 0 Å². The van der Waals surface area contributed by atoms with E-state index in [0.717, 1.165) is 30.0 Å². The van der Waals surface area contributed by atoms with E-state index in [1.807, 2.05) is 36.4 Å². The lowest BCUT2D eigenvalue weighted by Crippen LogP contribution is -2.45.